The van der Waals surface area contributed by atoms with Crippen LogP contribution in [0.2, 0.25) is 0 Å². The molecular formula is C3H18N2Na4O4P+. The van der Waals surface area contributed by atoms with E-state index in [1.165, 1.54) is 0 Å². The summed E-state index contributed by atoms with van der Waals surface area (Å²) in [7, 11) is 1.07. The summed E-state index contributed by atoms with van der Waals surface area (Å²) in [6, 6.07) is 0. The third-order valence-electron chi connectivity index (χ3n) is 0. The van der Waals surface area contributed by atoms with Gasteiger partial charge in [-0.3, -0.25) is 4.59 Å². The molecule has 0 amide bonds. The van der Waals surface area contributed by atoms with E-state index in [1.807, 2.05) is 21.1 Å². The molecule has 0 radical (unpaired) electrons. The van der Waals surface area contributed by atoms with Crippen molar-refractivity contribution in [3.8, 4) is 0 Å². The summed E-state index contributed by atoms with van der Waals surface area (Å²) in [4.78, 5) is 21.6. The van der Waals surface area contributed by atoms with Crippen LogP contribution in [0.3, 0.4) is 0 Å². The Kier molecular flexibility index (Phi) is 44.0. The van der Waals surface area contributed by atoms with Crippen LogP contribution in [-0.2, 0) is 4.57 Å². The first kappa shape index (κ1) is 36.1. The number of nitrogens with zero attached hydrogens (tertiary/aromatic N) is 1. The van der Waals surface area contributed by atoms with Gasteiger partial charge in [0.05, 0.1) is 21.1 Å². The Morgan fingerprint density at radius 1 is 1.00 bits per heavy atom. The van der Waals surface area contributed by atoms with E-state index >= 15 is 0 Å². The van der Waals surface area contributed by atoms with Crippen LogP contribution in [0.4, 0.5) is 0 Å². The fourth-order valence-corrected chi connectivity index (χ4v) is 0. The zero-order valence-electron chi connectivity index (χ0n) is 14.2. The fraction of sp³-hybridized carbons (Fsp3) is 1.00. The Morgan fingerprint density at radius 3 is 1.00 bits per heavy atom. The molecule has 0 rings (SSSR count). The monoisotopic (exact) mass is 269 g/mol. The van der Waals surface area contributed by atoms with E-state index in [-0.39, 0.29) is 124 Å². The van der Waals surface area contributed by atoms with Gasteiger partial charge in [-0.1, -0.05) is 0 Å². The molecule has 0 unspecified atom stereocenters. The quantitative estimate of drug-likeness (QED) is 0.115. The summed E-state index contributed by atoms with van der Waals surface area (Å²) < 4.78 is 9.38. The van der Waals surface area contributed by atoms with Crippen molar-refractivity contribution in [1.82, 2.24) is 0 Å². The maximum absolute atomic E-state index is 8.88. The molecule has 0 aliphatic carbocycles. The molecular weight excluding hydrogens is 251 g/mol. The van der Waals surface area contributed by atoms with Crippen molar-refractivity contribution in [3.05, 3.63) is 0 Å². The Bertz CT molecular complexity index is 137. The normalized spacial score (nSPS) is 8.50. The van der Waals surface area contributed by atoms with Gasteiger partial charge in [-0.05, 0) is 0 Å². The maximum Gasteiger partial charge on any atom is 1.00 e. The van der Waals surface area contributed by atoms with Crippen LogP contribution < -0.4 is 124 Å². The van der Waals surface area contributed by atoms with Gasteiger partial charge in [-0.25, -0.2) is 4.57 Å². The second kappa shape index (κ2) is 17.0. The molecule has 0 aromatic carbocycles. The molecule has 6 nitrogen and oxygen atoms in total. The predicted molar refractivity (Wildman–Crippen MR) is 40.9 cm³/mol. The van der Waals surface area contributed by atoms with E-state index in [1.54, 1.807) is 0 Å². The predicted octanol–water partition coefficient (Wildman–Crippen LogP) is -12.9. The molecule has 0 aliphatic rings. The number of quaternary nitrogens is 1. The Balaban J connectivity index is -0.00000000615. The minimum Gasteiger partial charge on any atom is -1.00 e. The Hall–Kier alpha value is 4.03. The summed E-state index contributed by atoms with van der Waals surface area (Å²) in [6.45, 7) is 0. The topological polar surface area (TPSA) is 104 Å². The Morgan fingerprint density at radius 2 is 1.00 bits per heavy atom. The van der Waals surface area contributed by atoms with Gasteiger partial charge in [0.1, 0.15) is 0 Å². The number of hydrogen-bond acceptors (Lipinski definition) is 2. The van der Waals surface area contributed by atoms with E-state index < -0.39 is 7.82 Å². The molecule has 14 heavy (non-hydrogen) atoms. The van der Waals surface area contributed by atoms with Crippen molar-refractivity contribution >= 4 is 7.82 Å². The zero-order valence-corrected chi connectivity index (χ0v) is 19.1. The van der Waals surface area contributed by atoms with Crippen molar-refractivity contribution < 1.29 is 148 Å². The van der Waals surface area contributed by atoms with Crippen LogP contribution in [0, 0.1) is 0 Å². The summed E-state index contributed by atoms with van der Waals surface area (Å²) in [5.41, 5.74) is 0. The standard InChI is InChI=1S/C3H11N2.4Na.H3O4P.4H/c1-5(2,3)4;;;;;1-5(2,3)4;;;;/h4H2,1-3H3;;;;;(H3,1,2,3,4);;;;/q5*+1;;4*-1. The Labute approximate surface area is 179 Å². The fourth-order valence-electron chi connectivity index (χ4n) is 0. The molecule has 0 aromatic rings. The van der Waals surface area contributed by atoms with Crippen LogP contribution in [0.1, 0.15) is 5.71 Å². The summed E-state index contributed by atoms with van der Waals surface area (Å²) in [6.07, 6.45) is 0. The van der Waals surface area contributed by atoms with Gasteiger partial charge in [0.2, 0.25) is 0 Å². The van der Waals surface area contributed by atoms with Gasteiger partial charge in [0.25, 0.3) is 0 Å². The van der Waals surface area contributed by atoms with E-state index in [0.717, 1.165) is 0 Å². The molecule has 5 N–H and O–H groups in total. The van der Waals surface area contributed by atoms with Crippen LogP contribution in [-0.4, -0.2) is 40.4 Å². The molecule has 0 aromatic heterocycles. The average Bonchev–Trinajstić information content (AvgIpc) is 1.12. The molecule has 0 spiro atoms. The summed E-state index contributed by atoms with van der Waals surface area (Å²) in [5, 5.41) is 0. The molecule has 0 fully saturated rings. The molecule has 0 bridgehead atoms. The van der Waals surface area contributed by atoms with E-state index in [0.29, 0.717) is 4.59 Å². The van der Waals surface area contributed by atoms with E-state index in [4.69, 9.17) is 25.1 Å². The number of phosphoric acid groups is 1. The largest absolute Gasteiger partial charge is 1.00 e. The maximum atomic E-state index is 8.88. The summed E-state index contributed by atoms with van der Waals surface area (Å²) >= 11 is 0. The molecule has 0 saturated heterocycles. The molecule has 11 heteroatoms. The van der Waals surface area contributed by atoms with Gasteiger partial charge in [0.15, 0.2) is 0 Å². The molecule has 0 saturated carbocycles. The van der Waals surface area contributed by atoms with Crippen LogP contribution in [0.25, 0.3) is 0 Å². The van der Waals surface area contributed by atoms with Crippen LogP contribution in [0.5, 0.6) is 0 Å². The average molecular weight is 269 g/mol. The third kappa shape index (κ3) is 223. The van der Waals surface area contributed by atoms with Gasteiger partial charge in [-0.2, -0.15) is 5.84 Å². The SMILES string of the molecule is C[N+](C)(C)N.O=P(O)(O)O.[H-].[H-].[H-].[H-].[Na+].[Na+].[Na+].[Na+]. The van der Waals surface area contributed by atoms with Crippen LogP contribution >= 0.6 is 7.82 Å². The zero-order chi connectivity index (χ0) is 9.00. The van der Waals surface area contributed by atoms with Gasteiger partial charge in [0, 0.05) is 0 Å². The molecule has 72 valence electrons. The second-order valence-corrected chi connectivity index (χ2v) is 3.66. The first-order chi connectivity index (χ1) is 4.00. The van der Waals surface area contributed by atoms with Crippen molar-refractivity contribution in [2.75, 3.05) is 21.1 Å². The third-order valence-corrected chi connectivity index (χ3v) is 0. The van der Waals surface area contributed by atoms with Gasteiger partial charge >= 0.3 is 126 Å². The number of nitrogens with two attached hydrogens (primary N) is 1. The second-order valence-electron chi connectivity index (χ2n) is 2.63. The first-order valence-corrected chi connectivity index (χ1v) is 3.95. The van der Waals surface area contributed by atoms with Gasteiger partial charge < -0.3 is 20.4 Å². The minimum absolute atomic E-state index is 0. The first-order valence-electron chi connectivity index (χ1n) is 2.38. The van der Waals surface area contributed by atoms with Crippen molar-refractivity contribution in [3.63, 3.8) is 0 Å². The van der Waals surface area contributed by atoms with Crippen LogP contribution in [0.15, 0.2) is 0 Å². The molecule has 0 atom stereocenters. The molecule has 0 aliphatic heterocycles. The summed E-state index contributed by atoms with van der Waals surface area (Å²) in [5.74, 6) is 5.29. The van der Waals surface area contributed by atoms with E-state index in [9.17, 15) is 0 Å². The van der Waals surface area contributed by atoms with E-state index in [2.05, 4.69) is 0 Å². The number of rotatable bonds is 0. The van der Waals surface area contributed by atoms with Crippen molar-refractivity contribution in [2.24, 2.45) is 5.84 Å². The van der Waals surface area contributed by atoms with Gasteiger partial charge in [-0.15, -0.1) is 0 Å². The molecule has 0 heterocycles. The van der Waals surface area contributed by atoms with Crippen molar-refractivity contribution in [2.45, 2.75) is 0 Å². The number of hydrogen-bond donors (Lipinski definition) is 4. The minimum atomic E-state index is -4.64. The van der Waals surface area contributed by atoms with Crippen molar-refractivity contribution in [1.29, 1.82) is 0 Å². The smallest absolute Gasteiger partial charge is 1.00 e.